The predicted molar refractivity (Wildman–Crippen MR) is 107 cm³/mol. The molecule has 1 heterocycles. The van der Waals surface area contributed by atoms with Gasteiger partial charge in [0.1, 0.15) is 17.2 Å². The minimum atomic E-state index is -1.12. The third-order valence-corrected chi connectivity index (χ3v) is 4.20. The highest BCUT2D eigenvalue weighted by atomic mass is 35.5. The number of hydrogen-bond acceptors (Lipinski definition) is 8. The molecule has 0 aliphatic heterocycles. The van der Waals surface area contributed by atoms with Crippen LogP contribution in [0.15, 0.2) is 58.0 Å². The zero-order valence-electron chi connectivity index (χ0n) is 14.8. The zero-order chi connectivity index (χ0) is 21.8. The maximum absolute atomic E-state index is 11.1. The highest BCUT2D eigenvalue weighted by Crippen LogP contribution is 2.31. The molecule has 152 valence electrons. The average molecular weight is 431 g/mol. The minimum absolute atomic E-state index is 0.0353. The van der Waals surface area contributed by atoms with E-state index < -0.39 is 27.2 Å². The SMILES string of the molecule is O=C(O)c1ccc(Cl)c(-c2ccc(C=NNc3ccc([N+](=O)[O-])cc3[N+](=O)[O-])o2)c1. The lowest BCUT2D eigenvalue weighted by molar-refractivity contribution is -0.393. The molecular weight excluding hydrogens is 420 g/mol. The summed E-state index contributed by atoms with van der Waals surface area (Å²) in [5, 5.41) is 35.1. The molecule has 0 fully saturated rings. The number of nitro groups is 2. The number of anilines is 1. The molecule has 1 aromatic heterocycles. The highest BCUT2D eigenvalue weighted by molar-refractivity contribution is 6.33. The van der Waals surface area contributed by atoms with Gasteiger partial charge >= 0.3 is 11.7 Å². The summed E-state index contributed by atoms with van der Waals surface area (Å²) in [4.78, 5) is 31.5. The number of hydrazone groups is 1. The number of halogens is 1. The van der Waals surface area contributed by atoms with Gasteiger partial charge in [-0.1, -0.05) is 11.6 Å². The molecule has 0 atom stereocenters. The van der Waals surface area contributed by atoms with Crippen molar-refractivity contribution in [2.45, 2.75) is 0 Å². The molecular formula is C18H11ClN4O7. The molecule has 12 heteroatoms. The maximum Gasteiger partial charge on any atom is 0.335 e. The standard InChI is InChI=1S/C18H11ClN4O7/c19-14-4-1-10(18(24)25)7-13(14)17-6-3-12(30-17)9-20-21-15-5-2-11(22(26)27)8-16(15)23(28)29/h1-9,21H,(H,24,25). The quantitative estimate of drug-likeness (QED) is 0.313. The van der Waals surface area contributed by atoms with Crippen molar-refractivity contribution in [1.82, 2.24) is 0 Å². The molecule has 30 heavy (non-hydrogen) atoms. The lowest BCUT2D eigenvalue weighted by atomic mass is 10.1. The van der Waals surface area contributed by atoms with Gasteiger partial charge < -0.3 is 9.52 Å². The Morgan fingerprint density at radius 1 is 1.10 bits per heavy atom. The third-order valence-electron chi connectivity index (χ3n) is 3.87. The number of nitro benzene ring substituents is 2. The molecule has 3 aromatic rings. The summed E-state index contributed by atoms with van der Waals surface area (Å²) in [6.07, 6.45) is 1.23. The van der Waals surface area contributed by atoms with Gasteiger partial charge in [0.15, 0.2) is 0 Å². The van der Waals surface area contributed by atoms with Crippen molar-refractivity contribution in [3.8, 4) is 11.3 Å². The van der Waals surface area contributed by atoms with Crippen molar-refractivity contribution < 1.29 is 24.2 Å². The van der Waals surface area contributed by atoms with E-state index in [4.69, 9.17) is 21.1 Å². The number of nitrogens with zero attached hydrogens (tertiary/aromatic N) is 3. The number of carboxylic acid groups (broad SMARTS) is 1. The molecule has 3 rings (SSSR count). The van der Waals surface area contributed by atoms with Crippen LogP contribution in [0.2, 0.25) is 5.02 Å². The molecule has 0 bridgehead atoms. The Bertz CT molecular complexity index is 1190. The number of furan rings is 1. The number of carbonyl (C=O) groups is 1. The largest absolute Gasteiger partial charge is 0.478 e. The molecule has 0 aliphatic rings. The van der Waals surface area contributed by atoms with Crippen LogP contribution in [0.4, 0.5) is 17.1 Å². The minimum Gasteiger partial charge on any atom is -0.478 e. The molecule has 0 saturated heterocycles. The summed E-state index contributed by atoms with van der Waals surface area (Å²) < 4.78 is 5.56. The van der Waals surface area contributed by atoms with Crippen molar-refractivity contribution in [2.75, 3.05) is 5.43 Å². The van der Waals surface area contributed by atoms with E-state index in [1.165, 1.54) is 36.5 Å². The number of non-ortho nitro benzene ring substituents is 1. The Hall–Kier alpha value is -4.25. The second kappa shape index (κ2) is 8.41. The first-order valence-corrected chi connectivity index (χ1v) is 8.49. The Labute approximate surface area is 172 Å². The number of hydrogen-bond donors (Lipinski definition) is 2. The highest BCUT2D eigenvalue weighted by Gasteiger charge is 2.19. The van der Waals surface area contributed by atoms with Crippen LogP contribution in [0, 0.1) is 20.2 Å². The summed E-state index contributed by atoms with van der Waals surface area (Å²) in [5.41, 5.74) is 1.85. The van der Waals surface area contributed by atoms with Gasteiger partial charge in [-0.25, -0.2) is 4.79 Å². The third kappa shape index (κ3) is 4.42. The summed E-state index contributed by atoms with van der Waals surface area (Å²) >= 11 is 6.10. The average Bonchev–Trinajstić information content (AvgIpc) is 3.16. The van der Waals surface area contributed by atoms with E-state index in [0.717, 1.165) is 12.1 Å². The van der Waals surface area contributed by atoms with Crippen molar-refractivity contribution in [1.29, 1.82) is 0 Å². The Morgan fingerprint density at radius 3 is 2.53 bits per heavy atom. The molecule has 0 aliphatic carbocycles. The van der Waals surface area contributed by atoms with E-state index in [0.29, 0.717) is 11.3 Å². The van der Waals surface area contributed by atoms with E-state index in [1.807, 2.05) is 0 Å². The summed E-state index contributed by atoms with van der Waals surface area (Å²) in [6, 6.07) is 10.3. The Kier molecular flexibility index (Phi) is 5.74. The maximum atomic E-state index is 11.1. The summed E-state index contributed by atoms with van der Waals surface area (Å²) in [6.45, 7) is 0. The van der Waals surface area contributed by atoms with Gasteiger partial charge in [-0.15, -0.1) is 0 Å². The van der Waals surface area contributed by atoms with Crippen LogP contribution in [-0.4, -0.2) is 27.1 Å². The van der Waals surface area contributed by atoms with Crippen molar-refractivity contribution >= 4 is 40.8 Å². The first-order valence-electron chi connectivity index (χ1n) is 8.11. The fraction of sp³-hybridized carbons (Fsp3) is 0. The van der Waals surface area contributed by atoms with Crippen molar-refractivity contribution in [3.05, 3.63) is 85.1 Å². The van der Waals surface area contributed by atoms with Crippen LogP contribution < -0.4 is 5.43 Å². The molecule has 2 aromatic carbocycles. The summed E-state index contributed by atoms with van der Waals surface area (Å²) in [5.74, 6) is -0.570. The fourth-order valence-corrected chi connectivity index (χ4v) is 2.67. The number of aromatic carboxylic acids is 1. The van der Waals surface area contributed by atoms with Gasteiger partial charge in [-0.3, -0.25) is 25.7 Å². The molecule has 0 radical (unpaired) electrons. The van der Waals surface area contributed by atoms with Crippen LogP contribution in [0.3, 0.4) is 0 Å². The van der Waals surface area contributed by atoms with E-state index in [1.54, 1.807) is 6.07 Å². The van der Waals surface area contributed by atoms with Gasteiger partial charge in [0, 0.05) is 11.6 Å². The fourth-order valence-electron chi connectivity index (χ4n) is 2.46. The van der Waals surface area contributed by atoms with E-state index in [2.05, 4.69) is 10.5 Å². The monoisotopic (exact) mass is 430 g/mol. The van der Waals surface area contributed by atoms with Crippen LogP contribution in [0.1, 0.15) is 16.1 Å². The normalized spacial score (nSPS) is 10.8. The second-order valence-electron chi connectivity index (χ2n) is 5.79. The number of carboxylic acids is 1. The van der Waals surface area contributed by atoms with Gasteiger partial charge in [0.2, 0.25) is 0 Å². The van der Waals surface area contributed by atoms with Crippen LogP contribution >= 0.6 is 11.6 Å². The topological polar surface area (TPSA) is 161 Å². The van der Waals surface area contributed by atoms with Crippen LogP contribution in [-0.2, 0) is 0 Å². The first kappa shape index (κ1) is 20.5. The molecule has 0 amide bonds. The summed E-state index contributed by atoms with van der Waals surface area (Å²) in [7, 11) is 0. The molecule has 0 saturated carbocycles. The smallest absolute Gasteiger partial charge is 0.335 e. The molecule has 0 unspecified atom stereocenters. The van der Waals surface area contributed by atoms with Crippen molar-refractivity contribution in [2.24, 2.45) is 5.10 Å². The van der Waals surface area contributed by atoms with Gasteiger partial charge in [0.25, 0.3) is 5.69 Å². The van der Waals surface area contributed by atoms with Crippen molar-refractivity contribution in [3.63, 3.8) is 0 Å². The predicted octanol–water partition coefficient (Wildman–Crippen LogP) is 4.56. The van der Waals surface area contributed by atoms with E-state index >= 15 is 0 Å². The second-order valence-corrected chi connectivity index (χ2v) is 6.19. The molecule has 11 nitrogen and oxygen atoms in total. The number of nitrogens with one attached hydrogen (secondary N) is 1. The lowest BCUT2D eigenvalue weighted by Crippen LogP contribution is -1.98. The van der Waals surface area contributed by atoms with Gasteiger partial charge in [-0.2, -0.15) is 5.10 Å². The van der Waals surface area contributed by atoms with Crippen LogP contribution in [0.5, 0.6) is 0 Å². The Balaban J connectivity index is 1.81. The molecule has 0 spiro atoms. The number of rotatable bonds is 7. The van der Waals surface area contributed by atoms with Gasteiger partial charge in [0.05, 0.1) is 32.7 Å². The van der Waals surface area contributed by atoms with Gasteiger partial charge in [-0.05, 0) is 36.4 Å². The van der Waals surface area contributed by atoms with Crippen LogP contribution in [0.25, 0.3) is 11.3 Å². The number of benzene rings is 2. The lowest BCUT2D eigenvalue weighted by Gasteiger charge is -2.03. The molecule has 2 N–H and O–H groups in total. The zero-order valence-corrected chi connectivity index (χ0v) is 15.6. The van der Waals surface area contributed by atoms with E-state index in [9.17, 15) is 25.0 Å². The first-order chi connectivity index (χ1) is 14.3. The van der Waals surface area contributed by atoms with E-state index in [-0.39, 0.29) is 22.0 Å². The Morgan fingerprint density at radius 2 is 1.87 bits per heavy atom.